The summed E-state index contributed by atoms with van der Waals surface area (Å²) in [4.78, 5) is 14.1. The van der Waals surface area contributed by atoms with E-state index in [9.17, 15) is 4.79 Å². The Hall–Kier alpha value is -0.610. The summed E-state index contributed by atoms with van der Waals surface area (Å²) < 4.78 is 0. The first-order valence-electron chi connectivity index (χ1n) is 7.13. The number of carbonyl (C=O) groups is 1. The van der Waals surface area contributed by atoms with Crippen LogP contribution in [-0.4, -0.2) is 42.0 Å². The first kappa shape index (κ1) is 15.4. The van der Waals surface area contributed by atoms with Crippen molar-refractivity contribution in [2.45, 2.75) is 58.5 Å². The number of piperidine rings is 1. The SMILES string of the molecule is CC1CCCN(CCC(C)(NC(C)C)C(N)=O)C1. The van der Waals surface area contributed by atoms with Gasteiger partial charge < -0.3 is 16.0 Å². The summed E-state index contributed by atoms with van der Waals surface area (Å²) in [6.07, 6.45) is 3.38. The van der Waals surface area contributed by atoms with Crippen molar-refractivity contribution in [1.82, 2.24) is 10.2 Å². The molecule has 1 rings (SSSR count). The Morgan fingerprint density at radius 3 is 2.72 bits per heavy atom. The highest BCUT2D eigenvalue weighted by Gasteiger charge is 2.32. The summed E-state index contributed by atoms with van der Waals surface area (Å²) in [6.45, 7) is 11.6. The van der Waals surface area contributed by atoms with E-state index in [-0.39, 0.29) is 11.9 Å². The standard InChI is InChI=1S/C14H29N3O/c1-11(2)16-14(4,13(15)18)7-9-17-8-5-6-12(3)10-17/h11-12,16H,5-10H2,1-4H3,(H2,15,18). The summed E-state index contributed by atoms with van der Waals surface area (Å²) in [5.41, 5.74) is 4.95. The van der Waals surface area contributed by atoms with Gasteiger partial charge in [0.1, 0.15) is 0 Å². The molecule has 0 spiro atoms. The van der Waals surface area contributed by atoms with Crippen LogP contribution in [0.3, 0.4) is 0 Å². The second-order valence-electron chi connectivity index (χ2n) is 6.29. The summed E-state index contributed by atoms with van der Waals surface area (Å²) in [6, 6.07) is 0.266. The van der Waals surface area contributed by atoms with Crippen LogP contribution in [0.1, 0.15) is 47.0 Å². The van der Waals surface area contributed by atoms with Gasteiger partial charge in [-0.05, 0) is 52.5 Å². The van der Waals surface area contributed by atoms with Gasteiger partial charge in [0.2, 0.25) is 5.91 Å². The van der Waals surface area contributed by atoms with Gasteiger partial charge in [0.25, 0.3) is 0 Å². The van der Waals surface area contributed by atoms with Crippen molar-refractivity contribution < 1.29 is 4.79 Å². The Morgan fingerprint density at radius 1 is 1.56 bits per heavy atom. The Balaban J connectivity index is 2.49. The third-order valence-electron chi connectivity index (χ3n) is 3.82. The van der Waals surface area contributed by atoms with E-state index in [2.05, 4.69) is 17.1 Å². The van der Waals surface area contributed by atoms with Crippen molar-refractivity contribution in [1.29, 1.82) is 0 Å². The number of nitrogens with zero attached hydrogens (tertiary/aromatic N) is 1. The van der Waals surface area contributed by atoms with Gasteiger partial charge in [-0.1, -0.05) is 6.92 Å². The number of hydrogen-bond acceptors (Lipinski definition) is 3. The van der Waals surface area contributed by atoms with E-state index < -0.39 is 5.54 Å². The maximum Gasteiger partial charge on any atom is 0.237 e. The zero-order valence-corrected chi connectivity index (χ0v) is 12.3. The van der Waals surface area contributed by atoms with E-state index in [0.717, 1.165) is 32.0 Å². The highest BCUT2D eigenvalue weighted by molar-refractivity contribution is 5.84. The molecule has 4 nitrogen and oxygen atoms in total. The van der Waals surface area contributed by atoms with Gasteiger partial charge in [-0.25, -0.2) is 0 Å². The molecule has 0 bridgehead atoms. The Morgan fingerprint density at radius 2 is 2.22 bits per heavy atom. The van der Waals surface area contributed by atoms with Crippen molar-refractivity contribution in [2.75, 3.05) is 19.6 Å². The molecular formula is C14H29N3O. The molecule has 2 atom stereocenters. The van der Waals surface area contributed by atoms with E-state index in [0.29, 0.717) is 0 Å². The molecule has 0 saturated carbocycles. The first-order valence-corrected chi connectivity index (χ1v) is 7.13. The molecule has 0 radical (unpaired) electrons. The van der Waals surface area contributed by atoms with Crippen LogP contribution in [0.5, 0.6) is 0 Å². The largest absolute Gasteiger partial charge is 0.368 e. The van der Waals surface area contributed by atoms with Gasteiger partial charge in [0.05, 0.1) is 5.54 Å². The second-order valence-corrected chi connectivity index (χ2v) is 6.29. The van der Waals surface area contributed by atoms with Gasteiger partial charge >= 0.3 is 0 Å². The van der Waals surface area contributed by atoms with Gasteiger partial charge in [0, 0.05) is 19.1 Å². The van der Waals surface area contributed by atoms with Crippen LogP contribution in [0.4, 0.5) is 0 Å². The van der Waals surface area contributed by atoms with Crippen molar-refractivity contribution in [3.05, 3.63) is 0 Å². The van der Waals surface area contributed by atoms with Crippen LogP contribution < -0.4 is 11.1 Å². The van der Waals surface area contributed by atoms with E-state index in [1.54, 1.807) is 0 Å². The van der Waals surface area contributed by atoms with Gasteiger partial charge in [-0.15, -0.1) is 0 Å². The minimum Gasteiger partial charge on any atom is -0.368 e. The van der Waals surface area contributed by atoms with Crippen LogP contribution >= 0.6 is 0 Å². The zero-order valence-electron chi connectivity index (χ0n) is 12.3. The molecule has 0 aromatic heterocycles. The van der Waals surface area contributed by atoms with E-state index in [1.807, 2.05) is 20.8 Å². The number of carbonyl (C=O) groups excluding carboxylic acids is 1. The minimum absolute atomic E-state index is 0.249. The Kier molecular flexibility index (Phi) is 5.60. The summed E-state index contributed by atoms with van der Waals surface area (Å²) in [5.74, 6) is 0.526. The quantitative estimate of drug-likeness (QED) is 0.753. The molecule has 0 aromatic carbocycles. The van der Waals surface area contributed by atoms with Crippen LogP contribution in [0, 0.1) is 5.92 Å². The van der Waals surface area contributed by atoms with Crippen LogP contribution in [-0.2, 0) is 4.79 Å². The molecule has 1 fully saturated rings. The van der Waals surface area contributed by atoms with Crippen molar-refractivity contribution in [3.8, 4) is 0 Å². The molecule has 4 heteroatoms. The van der Waals surface area contributed by atoms with Crippen LogP contribution in [0.15, 0.2) is 0 Å². The molecule has 1 aliphatic heterocycles. The molecule has 1 amide bonds. The van der Waals surface area contributed by atoms with Crippen LogP contribution in [0.2, 0.25) is 0 Å². The Labute approximate surface area is 111 Å². The zero-order chi connectivity index (χ0) is 13.8. The van der Waals surface area contributed by atoms with Crippen molar-refractivity contribution in [3.63, 3.8) is 0 Å². The molecule has 3 N–H and O–H groups in total. The topological polar surface area (TPSA) is 58.4 Å². The fourth-order valence-electron chi connectivity index (χ4n) is 2.78. The lowest BCUT2D eigenvalue weighted by atomic mass is 9.94. The molecule has 1 aliphatic rings. The van der Waals surface area contributed by atoms with Crippen molar-refractivity contribution in [2.24, 2.45) is 11.7 Å². The van der Waals surface area contributed by atoms with Crippen molar-refractivity contribution >= 4 is 5.91 Å². The maximum absolute atomic E-state index is 11.6. The van der Waals surface area contributed by atoms with Gasteiger partial charge in [-0.2, -0.15) is 0 Å². The van der Waals surface area contributed by atoms with Gasteiger partial charge in [0.15, 0.2) is 0 Å². The number of nitrogens with one attached hydrogen (secondary N) is 1. The third kappa shape index (κ3) is 4.58. The lowest BCUT2D eigenvalue weighted by Crippen LogP contribution is -2.57. The lowest BCUT2D eigenvalue weighted by Gasteiger charge is -2.35. The lowest BCUT2D eigenvalue weighted by molar-refractivity contribution is -0.124. The third-order valence-corrected chi connectivity index (χ3v) is 3.82. The second kappa shape index (κ2) is 6.53. The van der Waals surface area contributed by atoms with E-state index in [1.165, 1.54) is 12.8 Å². The number of rotatable bonds is 6. The summed E-state index contributed by atoms with van der Waals surface area (Å²) >= 11 is 0. The number of likely N-dealkylation sites (tertiary alicyclic amines) is 1. The van der Waals surface area contributed by atoms with E-state index in [4.69, 9.17) is 5.73 Å². The molecule has 18 heavy (non-hydrogen) atoms. The summed E-state index contributed by atoms with van der Waals surface area (Å²) in [7, 11) is 0. The first-order chi connectivity index (χ1) is 8.33. The number of nitrogens with two attached hydrogens (primary N) is 1. The average Bonchev–Trinajstić information content (AvgIpc) is 2.25. The molecule has 1 saturated heterocycles. The number of hydrogen-bond donors (Lipinski definition) is 2. The average molecular weight is 255 g/mol. The predicted octanol–water partition coefficient (Wildman–Crippen LogP) is 1.35. The number of amides is 1. The molecule has 2 unspecified atom stereocenters. The fourth-order valence-corrected chi connectivity index (χ4v) is 2.78. The highest BCUT2D eigenvalue weighted by atomic mass is 16.1. The van der Waals surface area contributed by atoms with Crippen LogP contribution in [0.25, 0.3) is 0 Å². The highest BCUT2D eigenvalue weighted by Crippen LogP contribution is 2.18. The summed E-state index contributed by atoms with van der Waals surface area (Å²) in [5, 5.41) is 3.31. The maximum atomic E-state index is 11.6. The molecular weight excluding hydrogens is 226 g/mol. The molecule has 0 aromatic rings. The monoisotopic (exact) mass is 255 g/mol. The smallest absolute Gasteiger partial charge is 0.237 e. The fraction of sp³-hybridized carbons (Fsp3) is 0.929. The Bertz CT molecular complexity index is 280. The molecule has 0 aliphatic carbocycles. The minimum atomic E-state index is -0.588. The van der Waals surface area contributed by atoms with E-state index >= 15 is 0 Å². The normalized spacial score (nSPS) is 25.1. The molecule has 1 heterocycles. The molecule has 106 valence electrons. The van der Waals surface area contributed by atoms with Gasteiger partial charge in [-0.3, -0.25) is 4.79 Å². The number of primary amides is 1. The predicted molar refractivity (Wildman–Crippen MR) is 75.3 cm³/mol.